The normalized spacial score (nSPS) is 33.3. The lowest BCUT2D eigenvalue weighted by atomic mass is 9.83. The maximum Gasteiger partial charge on any atom is 0.223 e. The zero-order valence-electron chi connectivity index (χ0n) is 14.6. The van der Waals surface area contributed by atoms with Crippen LogP contribution in [0.1, 0.15) is 58.3 Å². The van der Waals surface area contributed by atoms with Crippen LogP contribution in [-0.4, -0.2) is 54.7 Å². The maximum absolute atomic E-state index is 12.7. The monoisotopic (exact) mass is 323 g/mol. The van der Waals surface area contributed by atoms with Crippen molar-refractivity contribution in [1.29, 1.82) is 0 Å². The average molecular weight is 323 g/mol. The van der Waals surface area contributed by atoms with Gasteiger partial charge in [0.1, 0.15) is 0 Å². The van der Waals surface area contributed by atoms with Gasteiger partial charge in [-0.05, 0) is 39.0 Å². The Morgan fingerprint density at radius 1 is 1.22 bits per heavy atom. The molecule has 3 rings (SSSR count). The first-order valence-electron chi connectivity index (χ1n) is 9.50. The van der Waals surface area contributed by atoms with Crippen LogP contribution in [0.3, 0.4) is 0 Å². The molecule has 0 bridgehead atoms. The number of amides is 1. The molecule has 5 heteroatoms. The van der Waals surface area contributed by atoms with Crippen molar-refractivity contribution in [3.8, 4) is 0 Å². The predicted molar refractivity (Wildman–Crippen MR) is 91.1 cm³/mol. The van der Waals surface area contributed by atoms with E-state index >= 15 is 0 Å². The first-order chi connectivity index (χ1) is 11.1. The zero-order chi connectivity index (χ0) is 16.3. The summed E-state index contributed by atoms with van der Waals surface area (Å²) >= 11 is 0. The van der Waals surface area contributed by atoms with Crippen molar-refractivity contribution in [3.63, 3.8) is 0 Å². The van der Waals surface area contributed by atoms with E-state index in [0.29, 0.717) is 0 Å². The SMILES string of the molecule is CC(NC(=O)C1CCCC(N)C1)C1(N2CCOCC2)CCCC1. The standard InChI is InChI=1S/C18H33N3O2/c1-14(20-17(22)15-5-4-6-16(19)13-15)18(7-2-3-8-18)21-9-11-23-12-10-21/h14-16H,2-13,19H2,1H3,(H,20,22). The van der Waals surface area contributed by atoms with Gasteiger partial charge in [-0.15, -0.1) is 0 Å². The molecule has 1 aliphatic heterocycles. The Bertz CT molecular complexity index is 403. The highest BCUT2D eigenvalue weighted by Crippen LogP contribution is 2.39. The van der Waals surface area contributed by atoms with Crippen LogP contribution in [0.25, 0.3) is 0 Å². The van der Waals surface area contributed by atoms with E-state index in [2.05, 4.69) is 17.1 Å². The highest BCUT2D eigenvalue weighted by Gasteiger charge is 2.45. The summed E-state index contributed by atoms with van der Waals surface area (Å²) < 4.78 is 5.53. The number of nitrogens with two attached hydrogens (primary N) is 1. The first-order valence-corrected chi connectivity index (χ1v) is 9.50. The lowest BCUT2D eigenvalue weighted by Crippen LogP contribution is -2.62. The molecule has 3 fully saturated rings. The Labute approximate surface area is 140 Å². The molecule has 0 radical (unpaired) electrons. The Kier molecular flexibility index (Phi) is 5.60. The number of hydrogen-bond donors (Lipinski definition) is 2. The number of nitrogens with zero attached hydrogens (tertiary/aromatic N) is 1. The Morgan fingerprint density at radius 3 is 2.57 bits per heavy atom. The molecule has 2 saturated carbocycles. The fraction of sp³-hybridized carbons (Fsp3) is 0.944. The van der Waals surface area contributed by atoms with E-state index < -0.39 is 0 Å². The summed E-state index contributed by atoms with van der Waals surface area (Å²) in [5.41, 5.74) is 6.19. The van der Waals surface area contributed by atoms with E-state index in [0.717, 1.165) is 52.0 Å². The van der Waals surface area contributed by atoms with Crippen molar-refractivity contribution in [2.45, 2.75) is 75.9 Å². The van der Waals surface area contributed by atoms with E-state index in [4.69, 9.17) is 10.5 Å². The summed E-state index contributed by atoms with van der Waals surface area (Å²) in [5.74, 6) is 0.344. The Hall–Kier alpha value is -0.650. The summed E-state index contributed by atoms with van der Waals surface area (Å²) in [6.07, 6.45) is 8.92. The Morgan fingerprint density at radius 2 is 1.91 bits per heavy atom. The number of nitrogens with one attached hydrogen (secondary N) is 1. The largest absolute Gasteiger partial charge is 0.379 e. The molecule has 23 heavy (non-hydrogen) atoms. The summed E-state index contributed by atoms with van der Waals surface area (Å²) in [5, 5.41) is 3.37. The molecule has 0 spiro atoms. The van der Waals surface area contributed by atoms with Crippen LogP contribution in [0.15, 0.2) is 0 Å². The van der Waals surface area contributed by atoms with Crippen molar-refractivity contribution < 1.29 is 9.53 Å². The third-order valence-corrected chi connectivity index (χ3v) is 6.36. The molecule has 1 amide bonds. The highest BCUT2D eigenvalue weighted by molar-refractivity contribution is 5.79. The molecule has 132 valence electrons. The molecular formula is C18H33N3O2. The number of rotatable bonds is 4. The van der Waals surface area contributed by atoms with Crippen LogP contribution in [-0.2, 0) is 9.53 Å². The van der Waals surface area contributed by atoms with Gasteiger partial charge in [0, 0.05) is 36.6 Å². The fourth-order valence-electron chi connectivity index (χ4n) is 4.95. The number of ether oxygens (including phenoxy) is 1. The van der Waals surface area contributed by atoms with E-state index in [9.17, 15) is 4.79 Å². The third-order valence-electron chi connectivity index (χ3n) is 6.36. The minimum atomic E-state index is 0.115. The van der Waals surface area contributed by atoms with Crippen LogP contribution < -0.4 is 11.1 Å². The van der Waals surface area contributed by atoms with Crippen molar-refractivity contribution >= 4 is 5.91 Å². The van der Waals surface area contributed by atoms with Crippen molar-refractivity contribution in [2.75, 3.05) is 26.3 Å². The quantitative estimate of drug-likeness (QED) is 0.825. The molecule has 0 aromatic heterocycles. The second-order valence-corrected chi connectivity index (χ2v) is 7.76. The molecule has 1 saturated heterocycles. The van der Waals surface area contributed by atoms with E-state index in [-0.39, 0.29) is 29.4 Å². The number of hydrogen-bond acceptors (Lipinski definition) is 4. The zero-order valence-corrected chi connectivity index (χ0v) is 14.6. The number of morpholine rings is 1. The van der Waals surface area contributed by atoms with Crippen molar-refractivity contribution in [3.05, 3.63) is 0 Å². The molecular weight excluding hydrogens is 290 g/mol. The molecule has 2 aliphatic carbocycles. The smallest absolute Gasteiger partial charge is 0.223 e. The second kappa shape index (κ2) is 7.49. The van der Waals surface area contributed by atoms with Gasteiger partial charge in [0.2, 0.25) is 5.91 Å². The second-order valence-electron chi connectivity index (χ2n) is 7.76. The van der Waals surface area contributed by atoms with Gasteiger partial charge in [-0.1, -0.05) is 19.3 Å². The summed E-state index contributed by atoms with van der Waals surface area (Å²) in [6.45, 7) is 5.84. The van der Waals surface area contributed by atoms with Crippen LogP contribution in [0.2, 0.25) is 0 Å². The molecule has 0 aromatic rings. The van der Waals surface area contributed by atoms with Gasteiger partial charge in [0.25, 0.3) is 0 Å². The maximum atomic E-state index is 12.7. The number of carbonyl (C=O) groups excluding carboxylic acids is 1. The van der Waals surface area contributed by atoms with Gasteiger partial charge in [-0.3, -0.25) is 9.69 Å². The summed E-state index contributed by atoms with van der Waals surface area (Å²) in [7, 11) is 0. The molecule has 5 nitrogen and oxygen atoms in total. The lowest BCUT2D eigenvalue weighted by molar-refractivity contribution is -0.128. The molecule has 3 aliphatic rings. The van der Waals surface area contributed by atoms with Gasteiger partial charge in [0.05, 0.1) is 13.2 Å². The third kappa shape index (κ3) is 3.72. The van der Waals surface area contributed by atoms with Gasteiger partial charge >= 0.3 is 0 Å². The van der Waals surface area contributed by atoms with Crippen molar-refractivity contribution in [2.24, 2.45) is 11.7 Å². The highest BCUT2D eigenvalue weighted by atomic mass is 16.5. The van der Waals surface area contributed by atoms with Crippen LogP contribution in [0, 0.1) is 5.92 Å². The fourth-order valence-corrected chi connectivity index (χ4v) is 4.95. The van der Waals surface area contributed by atoms with Gasteiger partial charge in [0.15, 0.2) is 0 Å². The average Bonchev–Trinajstić information content (AvgIpc) is 3.06. The summed E-state index contributed by atoms with van der Waals surface area (Å²) in [6, 6.07) is 0.406. The molecule has 3 unspecified atom stereocenters. The molecule has 1 heterocycles. The van der Waals surface area contributed by atoms with Crippen LogP contribution in [0.5, 0.6) is 0 Å². The first kappa shape index (κ1) is 17.2. The molecule has 3 N–H and O–H groups in total. The predicted octanol–water partition coefficient (Wildman–Crippen LogP) is 1.65. The van der Waals surface area contributed by atoms with Gasteiger partial charge in [-0.2, -0.15) is 0 Å². The van der Waals surface area contributed by atoms with Crippen molar-refractivity contribution in [1.82, 2.24) is 10.2 Å². The van der Waals surface area contributed by atoms with E-state index in [1.165, 1.54) is 25.7 Å². The van der Waals surface area contributed by atoms with Gasteiger partial charge < -0.3 is 15.8 Å². The van der Waals surface area contributed by atoms with E-state index in [1.54, 1.807) is 0 Å². The Balaban J connectivity index is 1.64. The minimum absolute atomic E-state index is 0.115. The van der Waals surface area contributed by atoms with E-state index in [1.807, 2.05) is 0 Å². The topological polar surface area (TPSA) is 67.6 Å². The lowest BCUT2D eigenvalue weighted by Gasteiger charge is -2.47. The minimum Gasteiger partial charge on any atom is -0.379 e. The summed E-state index contributed by atoms with van der Waals surface area (Å²) in [4.78, 5) is 15.3. The molecule has 3 atom stereocenters. The van der Waals surface area contributed by atoms with Crippen LogP contribution >= 0.6 is 0 Å². The molecule has 0 aromatic carbocycles. The number of carbonyl (C=O) groups is 1. The van der Waals surface area contributed by atoms with Crippen LogP contribution in [0.4, 0.5) is 0 Å². The van der Waals surface area contributed by atoms with Gasteiger partial charge in [-0.25, -0.2) is 0 Å².